The van der Waals surface area contributed by atoms with Gasteiger partial charge in [-0.1, -0.05) is 55.5 Å². The first-order chi connectivity index (χ1) is 13.0. The van der Waals surface area contributed by atoms with Crippen LogP contribution in [0.1, 0.15) is 38.2 Å². The number of hydrogen-bond acceptors (Lipinski definition) is 5. The lowest BCUT2D eigenvalue weighted by atomic mass is 10.00. The fourth-order valence-electron chi connectivity index (χ4n) is 2.92. The topological polar surface area (TPSA) is 87.7 Å². The quantitative estimate of drug-likeness (QED) is 0.699. The highest BCUT2D eigenvalue weighted by molar-refractivity contribution is 7.19. The number of aromatic amines is 1. The van der Waals surface area contributed by atoms with Crippen molar-refractivity contribution in [1.82, 2.24) is 15.2 Å². The van der Waals surface area contributed by atoms with Crippen LogP contribution < -0.4 is 10.9 Å². The Bertz CT molecular complexity index is 1040. The van der Waals surface area contributed by atoms with Crippen LogP contribution in [0.3, 0.4) is 0 Å². The van der Waals surface area contributed by atoms with E-state index in [-0.39, 0.29) is 23.3 Å². The molecule has 0 radical (unpaired) electrons. The Hall–Kier alpha value is -2.80. The van der Waals surface area contributed by atoms with Crippen molar-refractivity contribution in [3.8, 4) is 21.8 Å². The average Bonchev–Trinajstić information content (AvgIpc) is 3.43. The molecule has 2 aromatic heterocycles. The summed E-state index contributed by atoms with van der Waals surface area (Å²) in [6.45, 7) is 4.05. The lowest BCUT2D eigenvalue weighted by Gasteiger charge is -2.10. The molecule has 1 aliphatic rings. The largest absolute Gasteiger partial charge is 0.302 e. The molecule has 0 spiro atoms. The molecule has 0 unspecified atom stereocenters. The number of carbonyl (C=O) groups is 1. The van der Waals surface area contributed by atoms with Gasteiger partial charge in [-0.25, -0.2) is 10.1 Å². The molecule has 0 bridgehead atoms. The number of rotatable bonds is 5. The van der Waals surface area contributed by atoms with E-state index in [4.69, 9.17) is 0 Å². The first-order valence-corrected chi connectivity index (χ1v) is 9.81. The zero-order chi connectivity index (χ0) is 19.0. The molecule has 2 N–H and O–H groups in total. The van der Waals surface area contributed by atoms with E-state index in [1.54, 1.807) is 6.07 Å². The van der Waals surface area contributed by atoms with Crippen molar-refractivity contribution in [3.05, 3.63) is 52.3 Å². The minimum atomic E-state index is -0.226. The predicted octanol–water partition coefficient (Wildman–Crippen LogP) is 4.03. The number of benzene rings is 1. The molecule has 138 valence electrons. The molecular weight excluding hydrogens is 360 g/mol. The Morgan fingerprint density at radius 3 is 2.63 bits per heavy atom. The molecule has 1 amide bonds. The lowest BCUT2D eigenvalue weighted by Crippen LogP contribution is -2.12. The molecule has 3 aromatic rings. The Balaban J connectivity index is 1.84. The number of aromatic nitrogens is 3. The van der Waals surface area contributed by atoms with Crippen LogP contribution in [-0.2, 0) is 4.79 Å². The number of nitrogens with one attached hydrogen (secondary N) is 2. The van der Waals surface area contributed by atoms with E-state index in [1.807, 2.05) is 44.2 Å². The monoisotopic (exact) mass is 380 g/mol. The molecule has 1 aromatic carbocycles. The standard InChI is InChI=1S/C20H20N4O2S/c1-11(2)14-10-15(25)23-24-17(14)18-16(12-6-4-3-5-7-12)21-20(27-18)22-19(26)13-8-9-13/h3-7,10-11,13H,8-9H2,1-2H3,(H,23,25)(H,21,22,26). The van der Waals surface area contributed by atoms with Gasteiger partial charge in [0.05, 0.1) is 10.6 Å². The smallest absolute Gasteiger partial charge is 0.264 e. The summed E-state index contributed by atoms with van der Waals surface area (Å²) in [5.74, 6) is 0.258. The van der Waals surface area contributed by atoms with E-state index < -0.39 is 0 Å². The normalized spacial score (nSPS) is 13.7. The van der Waals surface area contributed by atoms with Crippen LogP contribution in [0, 0.1) is 5.92 Å². The Kier molecular flexibility index (Phi) is 4.61. The molecule has 7 heteroatoms. The summed E-state index contributed by atoms with van der Waals surface area (Å²) in [7, 11) is 0. The summed E-state index contributed by atoms with van der Waals surface area (Å²) in [6.07, 6.45) is 1.88. The lowest BCUT2D eigenvalue weighted by molar-refractivity contribution is -0.117. The van der Waals surface area contributed by atoms with Crippen molar-refractivity contribution in [2.75, 3.05) is 5.32 Å². The van der Waals surface area contributed by atoms with Crippen molar-refractivity contribution in [1.29, 1.82) is 0 Å². The third kappa shape index (κ3) is 3.68. The second-order valence-corrected chi connectivity index (χ2v) is 8.02. The molecule has 1 saturated carbocycles. The maximum atomic E-state index is 12.2. The van der Waals surface area contributed by atoms with Crippen molar-refractivity contribution in [3.63, 3.8) is 0 Å². The number of carbonyl (C=O) groups excluding carboxylic acids is 1. The molecule has 0 atom stereocenters. The predicted molar refractivity (Wildman–Crippen MR) is 107 cm³/mol. The average molecular weight is 380 g/mol. The maximum Gasteiger partial charge on any atom is 0.264 e. The second-order valence-electron chi connectivity index (χ2n) is 7.02. The molecule has 1 fully saturated rings. The van der Waals surface area contributed by atoms with Crippen LogP contribution in [0.25, 0.3) is 21.8 Å². The van der Waals surface area contributed by atoms with Crippen LogP contribution >= 0.6 is 11.3 Å². The van der Waals surface area contributed by atoms with Crippen LogP contribution in [0.4, 0.5) is 5.13 Å². The van der Waals surface area contributed by atoms with Crippen molar-refractivity contribution < 1.29 is 4.79 Å². The minimum Gasteiger partial charge on any atom is -0.302 e. The highest BCUT2D eigenvalue weighted by atomic mass is 32.1. The van der Waals surface area contributed by atoms with E-state index in [2.05, 4.69) is 20.5 Å². The molecule has 2 heterocycles. The van der Waals surface area contributed by atoms with Gasteiger partial charge in [0.2, 0.25) is 5.91 Å². The summed E-state index contributed by atoms with van der Waals surface area (Å²) in [4.78, 5) is 29.5. The van der Waals surface area contributed by atoms with E-state index in [1.165, 1.54) is 11.3 Å². The van der Waals surface area contributed by atoms with Crippen LogP contribution in [-0.4, -0.2) is 21.1 Å². The van der Waals surface area contributed by atoms with Crippen molar-refractivity contribution in [2.45, 2.75) is 32.6 Å². The summed E-state index contributed by atoms with van der Waals surface area (Å²) in [6, 6.07) is 11.4. The molecule has 27 heavy (non-hydrogen) atoms. The third-order valence-electron chi connectivity index (χ3n) is 4.53. The van der Waals surface area contributed by atoms with Gasteiger partial charge in [0, 0.05) is 17.5 Å². The highest BCUT2D eigenvalue weighted by Crippen LogP contribution is 2.41. The third-order valence-corrected chi connectivity index (χ3v) is 5.51. The van der Waals surface area contributed by atoms with Crippen LogP contribution in [0.2, 0.25) is 0 Å². The van der Waals surface area contributed by atoms with Crippen LogP contribution in [0.5, 0.6) is 0 Å². The van der Waals surface area contributed by atoms with E-state index >= 15 is 0 Å². The zero-order valence-corrected chi connectivity index (χ0v) is 16.0. The van der Waals surface area contributed by atoms with Gasteiger partial charge in [-0.05, 0) is 24.3 Å². The maximum absolute atomic E-state index is 12.2. The van der Waals surface area contributed by atoms with Gasteiger partial charge >= 0.3 is 0 Å². The fourth-order valence-corrected chi connectivity index (χ4v) is 3.92. The first-order valence-electron chi connectivity index (χ1n) is 9.00. The molecule has 4 rings (SSSR count). The number of hydrogen-bond donors (Lipinski definition) is 2. The van der Waals surface area contributed by atoms with E-state index in [0.717, 1.165) is 34.5 Å². The molecule has 6 nitrogen and oxygen atoms in total. The Morgan fingerprint density at radius 2 is 1.96 bits per heavy atom. The van der Waals surface area contributed by atoms with Gasteiger partial charge in [0.15, 0.2) is 5.13 Å². The first kappa shape index (κ1) is 17.6. The summed E-state index contributed by atoms with van der Waals surface area (Å²) < 4.78 is 0. The molecule has 0 aliphatic heterocycles. The number of H-pyrrole nitrogens is 1. The molecule has 0 saturated heterocycles. The van der Waals surface area contributed by atoms with Crippen molar-refractivity contribution >= 4 is 22.4 Å². The molecular formula is C20H20N4O2S. The SMILES string of the molecule is CC(C)c1cc(=O)[nH]nc1-c1sc(NC(=O)C2CC2)nc1-c1ccccc1. The van der Waals surface area contributed by atoms with Crippen LogP contribution in [0.15, 0.2) is 41.2 Å². The zero-order valence-electron chi connectivity index (χ0n) is 15.2. The minimum absolute atomic E-state index is 0.0217. The van der Waals surface area contributed by atoms with Gasteiger partial charge in [-0.3, -0.25) is 9.59 Å². The van der Waals surface area contributed by atoms with Gasteiger partial charge in [-0.2, -0.15) is 5.10 Å². The number of anilines is 1. The van der Waals surface area contributed by atoms with Gasteiger partial charge in [0.1, 0.15) is 5.69 Å². The summed E-state index contributed by atoms with van der Waals surface area (Å²) in [5.41, 5.74) is 3.04. The second kappa shape index (κ2) is 7.08. The van der Waals surface area contributed by atoms with Crippen molar-refractivity contribution in [2.24, 2.45) is 5.92 Å². The number of amides is 1. The Labute approximate surface area is 160 Å². The van der Waals surface area contributed by atoms with E-state index in [9.17, 15) is 9.59 Å². The van der Waals surface area contributed by atoms with Gasteiger partial charge in [-0.15, -0.1) is 0 Å². The molecule has 1 aliphatic carbocycles. The Morgan fingerprint density at radius 1 is 1.22 bits per heavy atom. The summed E-state index contributed by atoms with van der Waals surface area (Å²) >= 11 is 1.39. The fraction of sp³-hybridized carbons (Fsp3) is 0.300. The van der Waals surface area contributed by atoms with Gasteiger partial charge in [0.25, 0.3) is 5.56 Å². The number of thiazole rings is 1. The highest BCUT2D eigenvalue weighted by Gasteiger charge is 2.31. The van der Waals surface area contributed by atoms with Gasteiger partial charge < -0.3 is 5.32 Å². The summed E-state index contributed by atoms with van der Waals surface area (Å²) in [5, 5.41) is 10.3. The van der Waals surface area contributed by atoms with E-state index in [0.29, 0.717) is 10.8 Å². The number of nitrogens with zero attached hydrogens (tertiary/aromatic N) is 2.